The smallest absolute Gasteiger partial charge is 0.348 e. The fourth-order valence-corrected chi connectivity index (χ4v) is 4.72. The summed E-state index contributed by atoms with van der Waals surface area (Å²) in [6.07, 6.45) is 0. The number of amidine groups is 1. The van der Waals surface area contributed by atoms with E-state index in [0.717, 1.165) is 21.6 Å². The van der Waals surface area contributed by atoms with Gasteiger partial charge in [-0.25, -0.2) is 9.59 Å². The van der Waals surface area contributed by atoms with E-state index in [2.05, 4.69) is 15.4 Å². The summed E-state index contributed by atoms with van der Waals surface area (Å²) in [5, 5.41) is 26.5. The van der Waals surface area contributed by atoms with Gasteiger partial charge in [-0.15, -0.1) is 16.4 Å². The fraction of sp³-hybridized carbons (Fsp3) is 0.167. The van der Waals surface area contributed by atoms with Crippen molar-refractivity contribution in [3.05, 3.63) is 85.7 Å². The minimum absolute atomic E-state index is 0.00534. The lowest BCUT2D eigenvalue weighted by molar-refractivity contribution is -0.0180. The summed E-state index contributed by atoms with van der Waals surface area (Å²) in [6.45, 7) is 0.415. The number of carboxylic acid groups (broad SMARTS) is 1. The molecule has 0 saturated carbocycles. The number of aromatic nitrogens is 3. The van der Waals surface area contributed by atoms with Gasteiger partial charge in [0.2, 0.25) is 0 Å². The van der Waals surface area contributed by atoms with E-state index < -0.39 is 17.7 Å². The SMILES string of the molecule is COc1cc(C(Nc2ccc(C(=N)N)cc2)c2nn(-c3ccsc3C(=O)O)c(=O)[nH]2)cc2c1OCOC2. The number of H-pyrrole nitrogens is 1. The van der Waals surface area contributed by atoms with Crippen molar-refractivity contribution in [3.63, 3.8) is 0 Å². The van der Waals surface area contributed by atoms with Crippen molar-refractivity contribution in [2.45, 2.75) is 12.6 Å². The average molecular weight is 523 g/mol. The van der Waals surface area contributed by atoms with Crippen molar-refractivity contribution in [2.75, 3.05) is 19.2 Å². The number of rotatable bonds is 8. The van der Waals surface area contributed by atoms with E-state index in [-0.39, 0.29) is 29.0 Å². The molecule has 6 N–H and O–H groups in total. The summed E-state index contributed by atoms with van der Waals surface area (Å²) in [6, 6.07) is 11.4. The van der Waals surface area contributed by atoms with Crippen LogP contribution in [0.1, 0.15) is 38.2 Å². The Morgan fingerprint density at radius 2 is 2.11 bits per heavy atom. The normalized spacial score (nSPS) is 13.3. The lowest BCUT2D eigenvalue weighted by Gasteiger charge is -2.24. The number of nitrogens with two attached hydrogens (primary N) is 1. The number of carboxylic acids is 1. The third-order valence-electron chi connectivity index (χ3n) is 5.73. The Labute approximate surface area is 213 Å². The van der Waals surface area contributed by atoms with Crippen LogP contribution < -0.4 is 26.2 Å². The van der Waals surface area contributed by atoms with Crippen LogP contribution in [0, 0.1) is 5.41 Å². The van der Waals surface area contributed by atoms with Gasteiger partial charge in [-0.3, -0.25) is 10.4 Å². The van der Waals surface area contributed by atoms with Gasteiger partial charge in [-0.1, -0.05) is 0 Å². The van der Waals surface area contributed by atoms with Gasteiger partial charge >= 0.3 is 11.7 Å². The third kappa shape index (κ3) is 4.64. The van der Waals surface area contributed by atoms with Crippen molar-refractivity contribution in [3.8, 4) is 17.2 Å². The zero-order valence-electron chi connectivity index (χ0n) is 19.5. The number of thiophene rings is 1. The van der Waals surface area contributed by atoms with E-state index in [1.807, 2.05) is 6.07 Å². The molecule has 13 heteroatoms. The van der Waals surface area contributed by atoms with Crippen LogP contribution in [0.5, 0.6) is 11.5 Å². The Morgan fingerprint density at radius 1 is 1.32 bits per heavy atom. The van der Waals surface area contributed by atoms with Crippen LogP contribution in [0.2, 0.25) is 0 Å². The molecule has 5 rings (SSSR count). The van der Waals surface area contributed by atoms with Gasteiger partial charge in [0, 0.05) is 16.8 Å². The predicted molar refractivity (Wildman–Crippen MR) is 135 cm³/mol. The van der Waals surface area contributed by atoms with Crippen molar-refractivity contribution >= 4 is 28.8 Å². The number of hydrogen-bond donors (Lipinski definition) is 5. The maximum atomic E-state index is 12.9. The van der Waals surface area contributed by atoms with E-state index in [0.29, 0.717) is 34.9 Å². The molecule has 0 aliphatic carbocycles. The number of aromatic carboxylic acids is 1. The number of hydrogen-bond acceptors (Lipinski definition) is 9. The van der Waals surface area contributed by atoms with Gasteiger partial charge in [0.1, 0.15) is 16.8 Å². The van der Waals surface area contributed by atoms with Crippen LogP contribution in [0.25, 0.3) is 5.69 Å². The van der Waals surface area contributed by atoms with Gasteiger partial charge in [0.05, 0.1) is 19.4 Å². The van der Waals surface area contributed by atoms with Crippen LogP contribution in [0.4, 0.5) is 5.69 Å². The lowest BCUT2D eigenvalue weighted by Crippen LogP contribution is -2.18. The van der Waals surface area contributed by atoms with Crippen LogP contribution in [-0.2, 0) is 11.3 Å². The molecule has 3 heterocycles. The van der Waals surface area contributed by atoms with Crippen LogP contribution in [-0.4, -0.2) is 45.6 Å². The van der Waals surface area contributed by atoms with Crippen molar-refractivity contribution in [2.24, 2.45) is 5.73 Å². The average Bonchev–Trinajstić information content (AvgIpc) is 3.53. The molecule has 2 aromatic carbocycles. The van der Waals surface area contributed by atoms with Gasteiger partial charge < -0.3 is 30.4 Å². The largest absolute Gasteiger partial charge is 0.493 e. The van der Waals surface area contributed by atoms with E-state index >= 15 is 0 Å². The van der Waals surface area contributed by atoms with E-state index in [4.69, 9.17) is 25.4 Å². The van der Waals surface area contributed by atoms with Crippen LogP contribution >= 0.6 is 11.3 Å². The first-order chi connectivity index (χ1) is 17.9. The topological polar surface area (TPSA) is 178 Å². The van der Waals surface area contributed by atoms with Gasteiger partial charge in [0.15, 0.2) is 24.1 Å². The Hall–Kier alpha value is -4.62. The molecule has 1 aliphatic rings. The van der Waals surface area contributed by atoms with Crippen LogP contribution in [0.3, 0.4) is 0 Å². The van der Waals surface area contributed by atoms with E-state index in [1.165, 1.54) is 13.2 Å². The number of anilines is 1. The molecule has 1 atom stereocenters. The standard InChI is InChI=1S/C24H22N6O6S/c1-34-17-9-13(8-14-10-35-11-36-19(14)17)18(27-15-4-2-12(3-5-15)21(25)26)22-28-24(33)30(29-22)16-6-7-37-20(16)23(31)32/h2-9,18,27H,10-11H2,1H3,(H3,25,26)(H,31,32)(H,28,29,33). The maximum Gasteiger partial charge on any atom is 0.348 e. The van der Waals surface area contributed by atoms with Gasteiger partial charge in [-0.05, 0) is 53.4 Å². The molecule has 0 fully saturated rings. The molecule has 1 aliphatic heterocycles. The highest BCUT2D eigenvalue weighted by Crippen LogP contribution is 2.38. The summed E-state index contributed by atoms with van der Waals surface area (Å²) >= 11 is 1.00. The first-order valence-corrected chi connectivity index (χ1v) is 11.9. The van der Waals surface area contributed by atoms with Gasteiger partial charge in [0.25, 0.3) is 0 Å². The highest BCUT2D eigenvalue weighted by molar-refractivity contribution is 7.12. The first kappa shape index (κ1) is 24.1. The minimum Gasteiger partial charge on any atom is -0.493 e. The van der Waals surface area contributed by atoms with E-state index in [9.17, 15) is 14.7 Å². The second kappa shape index (κ2) is 9.79. The Bertz CT molecular complexity index is 1520. The number of fused-ring (bicyclic) bond motifs is 1. The summed E-state index contributed by atoms with van der Waals surface area (Å²) in [4.78, 5) is 27.3. The number of benzene rings is 2. The maximum absolute atomic E-state index is 12.9. The summed E-state index contributed by atoms with van der Waals surface area (Å²) in [5.41, 5.74) is 7.81. The quantitative estimate of drug-likeness (QED) is 0.172. The molecular formula is C24H22N6O6S. The van der Waals surface area contributed by atoms with Crippen molar-refractivity contribution in [1.82, 2.24) is 14.8 Å². The second-order valence-electron chi connectivity index (χ2n) is 8.06. The highest BCUT2D eigenvalue weighted by Gasteiger charge is 2.26. The third-order valence-corrected chi connectivity index (χ3v) is 6.63. The monoisotopic (exact) mass is 522 g/mol. The molecule has 190 valence electrons. The van der Waals surface area contributed by atoms with Crippen LogP contribution in [0.15, 0.2) is 52.6 Å². The molecule has 0 radical (unpaired) electrons. The molecule has 12 nitrogen and oxygen atoms in total. The number of ether oxygens (including phenoxy) is 3. The number of methoxy groups -OCH3 is 1. The lowest BCUT2D eigenvalue weighted by atomic mass is 10.0. The van der Waals surface area contributed by atoms with Crippen molar-refractivity contribution in [1.29, 1.82) is 5.41 Å². The summed E-state index contributed by atoms with van der Waals surface area (Å²) in [7, 11) is 1.53. The minimum atomic E-state index is -1.15. The molecule has 0 saturated heterocycles. The number of nitrogens with one attached hydrogen (secondary N) is 3. The number of nitrogens with zero attached hydrogens (tertiary/aromatic N) is 2. The number of carbonyl (C=O) groups is 1. The Morgan fingerprint density at radius 3 is 2.81 bits per heavy atom. The number of aromatic amines is 1. The van der Waals surface area contributed by atoms with E-state index in [1.54, 1.807) is 35.7 Å². The molecule has 0 amide bonds. The first-order valence-electron chi connectivity index (χ1n) is 11.0. The summed E-state index contributed by atoms with van der Waals surface area (Å²) in [5.74, 6) is 0.0901. The molecule has 1 unspecified atom stereocenters. The molecule has 4 aromatic rings. The zero-order valence-corrected chi connectivity index (χ0v) is 20.3. The van der Waals surface area contributed by atoms with Gasteiger partial charge in [-0.2, -0.15) is 4.68 Å². The Kier molecular flexibility index (Phi) is 6.38. The Balaban J connectivity index is 1.62. The molecular weight excluding hydrogens is 500 g/mol. The second-order valence-corrected chi connectivity index (χ2v) is 8.97. The summed E-state index contributed by atoms with van der Waals surface area (Å²) < 4.78 is 17.6. The number of nitrogen functional groups attached to an aromatic ring is 1. The molecule has 0 bridgehead atoms. The molecule has 2 aromatic heterocycles. The predicted octanol–water partition coefficient (Wildman–Crippen LogP) is 2.68. The fourth-order valence-electron chi connectivity index (χ4n) is 4.01. The highest BCUT2D eigenvalue weighted by atomic mass is 32.1. The zero-order chi connectivity index (χ0) is 26.1. The van der Waals surface area contributed by atoms with Crippen molar-refractivity contribution < 1.29 is 24.1 Å². The molecule has 37 heavy (non-hydrogen) atoms. The molecule has 0 spiro atoms.